The zero-order valence-electron chi connectivity index (χ0n) is 5.95. The third-order valence-corrected chi connectivity index (χ3v) is 2.19. The standard InChI is InChI=1S/C9H7OSi/c1-2-6-9-8(4-1)5-3-7-11-10-9/h1-7H. The maximum Gasteiger partial charge on any atom is 0.289 e. The number of hydrogen-bond donors (Lipinski definition) is 0. The van der Waals surface area contributed by atoms with Crippen LogP contribution in [0.2, 0.25) is 0 Å². The average Bonchev–Trinajstić information content (AvgIpc) is 2.28. The molecule has 0 atom stereocenters. The molecule has 0 unspecified atom stereocenters. The number of rotatable bonds is 0. The number of fused-ring (bicyclic) bond motifs is 1. The van der Waals surface area contributed by atoms with Crippen LogP contribution in [0, 0.1) is 0 Å². The molecule has 0 saturated carbocycles. The van der Waals surface area contributed by atoms with Crippen LogP contribution >= 0.6 is 0 Å². The van der Waals surface area contributed by atoms with E-state index in [2.05, 4.69) is 12.1 Å². The number of benzene rings is 1. The molecule has 0 amide bonds. The predicted octanol–water partition coefficient (Wildman–Crippen LogP) is 1.51. The van der Waals surface area contributed by atoms with E-state index >= 15 is 0 Å². The van der Waals surface area contributed by atoms with E-state index in [1.807, 2.05) is 29.9 Å². The summed E-state index contributed by atoms with van der Waals surface area (Å²) in [6, 6.07) is 8.05. The van der Waals surface area contributed by atoms with Crippen molar-refractivity contribution in [2.45, 2.75) is 0 Å². The van der Waals surface area contributed by atoms with Crippen molar-refractivity contribution in [2.24, 2.45) is 0 Å². The van der Waals surface area contributed by atoms with Crippen LogP contribution in [0.4, 0.5) is 0 Å². The molecule has 1 aromatic rings. The van der Waals surface area contributed by atoms with Gasteiger partial charge in [-0.2, -0.15) is 0 Å². The topological polar surface area (TPSA) is 9.23 Å². The summed E-state index contributed by atoms with van der Waals surface area (Å²) < 4.78 is 5.46. The second-order valence-corrected chi connectivity index (χ2v) is 3.06. The lowest BCUT2D eigenvalue weighted by atomic mass is 10.2. The molecule has 0 bridgehead atoms. The molecule has 1 heterocycles. The molecule has 1 aliphatic rings. The molecule has 1 nitrogen and oxygen atoms in total. The molecule has 0 aromatic heterocycles. The highest BCUT2D eigenvalue weighted by Gasteiger charge is 1.98. The van der Waals surface area contributed by atoms with E-state index < -0.39 is 0 Å². The lowest BCUT2D eigenvalue weighted by Gasteiger charge is -2.01. The third-order valence-electron chi connectivity index (χ3n) is 1.53. The quantitative estimate of drug-likeness (QED) is 0.521. The van der Waals surface area contributed by atoms with Gasteiger partial charge in [-0.1, -0.05) is 30.4 Å². The van der Waals surface area contributed by atoms with Gasteiger partial charge in [0.1, 0.15) is 5.75 Å². The van der Waals surface area contributed by atoms with Gasteiger partial charge in [0, 0.05) is 5.56 Å². The first-order valence-corrected chi connectivity index (χ1v) is 4.47. The van der Waals surface area contributed by atoms with Gasteiger partial charge in [-0.05, 0) is 11.7 Å². The molecule has 0 aliphatic carbocycles. The third kappa shape index (κ3) is 1.30. The van der Waals surface area contributed by atoms with Crippen molar-refractivity contribution in [3.8, 4) is 5.75 Å². The zero-order valence-corrected chi connectivity index (χ0v) is 6.95. The van der Waals surface area contributed by atoms with Gasteiger partial charge in [-0.25, -0.2) is 0 Å². The molecule has 0 saturated heterocycles. The molecule has 0 spiro atoms. The molecule has 1 radical (unpaired) electrons. The highest BCUT2D eigenvalue weighted by molar-refractivity contribution is 6.44. The van der Waals surface area contributed by atoms with Gasteiger partial charge in [0.25, 0.3) is 9.38 Å². The molecule has 1 aliphatic heterocycles. The molecule has 0 fully saturated rings. The fourth-order valence-corrected chi connectivity index (χ4v) is 1.56. The molecule has 11 heavy (non-hydrogen) atoms. The molecule has 0 N–H and O–H groups in total. The number of para-hydroxylation sites is 1. The van der Waals surface area contributed by atoms with Crippen LogP contribution in [0.15, 0.2) is 30.3 Å². The number of allylic oxidation sites excluding steroid dienone is 1. The Balaban J connectivity index is 2.52. The summed E-state index contributed by atoms with van der Waals surface area (Å²) in [5.41, 5.74) is 3.19. The van der Waals surface area contributed by atoms with Crippen LogP contribution in [-0.2, 0) is 0 Å². The van der Waals surface area contributed by atoms with Gasteiger partial charge >= 0.3 is 0 Å². The second-order valence-electron chi connectivity index (χ2n) is 2.28. The second kappa shape index (κ2) is 2.84. The largest absolute Gasteiger partial charge is 0.512 e. The van der Waals surface area contributed by atoms with Crippen molar-refractivity contribution in [3.05, 3.63) is 35.9 Å². The highest BCUT2D eigenvalue weighted by atomic mass is 28.2. The molecular weight excluding hydrogens is 152 g/mol. The zero-order chi connectivity index (χ0) is 7.52. The summed E-state index contributed by atoms with van der Waals surface area (Å²) in [6.07, 6.45) is 4.10. The first kappa shape index (κ1) is 6.55. The molecule has 53 valence electrons. The van der Waals surface area contributed by atoms with E-state index in [0.29, 0.717) is 9.38 Å². The van der Waals surface area contributed by atoms with Gasteiger partial charge in [-0.3, -0.25) is 0 Å². The van der Waals surface area contributed by atoms with Gasteiger partial charge in [0.05, 0.1) is 0 Å². The monoisotopic (exact) mass is 159 g/mol. The SMILES string of the molecule is C1=Cc2ccccc2O[Si]=C1. The van der Waals surface area contributed by atoms with Crippen LogP contribution in [0.5, 0.6) is 5.75 Å². The van der Waals surface area contributed by atoms with E-state index in [1.54, 1.807) is 0 Å². The first-order valence-electron chi connectivity index (χ1n) is 3.48. The van der Waals surface area contributed by atoms with Crippen LogP contribution in [0.25, 0.3) is 6.08 Å². The Bertz CT molecular complexity index is 315. The number of hydrogen-bond acceptors (Lipinski definition) is 1. The van der Waals surface area contributed by atoms with Crippen LogP contribution in [-0.4, -0.2) is 15.0 Å². The molecule has 2 heteroatoms. The van der Waals surface area contributed by atoms with Gasteiger partial charge < -0.3 is 4.43 Å². The fraction of sp³-hybridized carbons (Fsp3) is 0. The van der Waals surface area contributed by atoms with Crippen molar-refractivity contribution in [2.75, 3.05) is 0 Å². The van der Waals surface area contributed by atoms with Crippen molar-refractivity contribution < 1.29 is 4.43 Å². The van der Waals surface area contributed by atoms with E-state index in [-0.39, 0.29) is 0 Å². The first-order chi connectivity index (χ1) is 5.47. The van der Waals surface area contributed by atoms with Gasteiger partial charge in [-0.15, -0.1) is 0 Å². The summed E-state index contributed by atoms with van der Waals surface area (Å²) in [4.78, 5) is 0. The Kier molecular flexibility index (Phi) is 1.69. The van der Waals surface area contributed by atoms with E-state index in [4.69, 9.17) is 4.43 Å². The minimum absolute atomic E-state index is 0.450. The minimum Gasteiger partial charge on any atom is -0.512 e. The lowest BCUT2D eigenvalue weighted by Crippen LogP contribution is -1.93. The van der Waals surface area contributed by atoms with Crippen molar-refractivity contribution >= 4 is 21.1 Å². The summed E-state index contributed by atoms with van der Waals surface area (Å²) in [5, 5.41) is 0. The average molecular weight is 159 g/mol. The Morgan fingerprint density at radius 3 is 3.09 bits per heavy atom. The Hall–Kier alpha value is -1.15. The summed E-state index contributed by atoms with van der Waals surface area (Å²) in [7, 11) is 0.450. The van der Waals surface area contributed by atoms with Crippen molar-refractivity contribution in [1.29, 1.82) is 0 Å². The molecule has 2 rings (SSSR count). The minimum atomic E-state index is 0.450. The predicted molar refractivity (Wildman–Crippen MR) is 47.9 cm³/mol. The van der Waals surface area contributed by atoms with E-state index in [1.165, 1.54) is 0 Å². The fourth-order valence-electron chi connectivity index (χ4n) is 1.000. The van der Waals surface area contributed by atoms with Gasteiger partial charge in [0.2, 0.25) is 0 Å². The van der Waals surface area contributed by atoms with E-state index in [0.717, 1.165) is 11.3 Å². The van der Waals surface area contributed by atoms with Crippen molar-refractivity contribution in [1.82, 2.24) is 0 Å². The van der Waals surface area contributed by atoms with Crippen LogP contribution < -0.4 is 4.43 Å². The maximum absolute atomic E-state index is 5.46. The Labute approximate surface area is 67.9 Å². The smallest absolute Gasteiger partial charge is 0.289 e. The maximum atomic E-state index is 5.46. The summed E-state index contributed by atoms with van der Waals surface area (Å²) in [6.45, 7) is 0. The van der Waals surface area contributed by atoms with E-state index in [9.17, 15) is 0 Å². The van der Waals surface area contributed by atoms with Gasteiger partial charge in [0.15, 0.2) is 0 Å². The Morgan fingerprint density at radius 1 is 1.18 bits per heavy atom. The van der Waals surface area contributed by atoms with Crippen LogP contribution in [0.1, 0.15) is 5.56 Å². The van der Waals surface area contributed by atoms with Crippen LogP contribution in [0.3, 0.4) is 0 Å². The highest BCUT2D eigenvalue weighted by Crippen LogP contribution is 2.18. The summed E-state index contributed by atoms with van der Waals surface area (Å²) in [5.74, 6) is 0.982. The lowest BCUT2D eigenvalue weighted by molar-refractivity contribution is 0.611. The Morgan fingerprint density at radius 2 is 2.09 bits per heavy atom. The normalized spacial score (nSPS) is 13.5. The molecular formula is C9H7OSi. The summed E-state index contributed by atoms with van der Waals surface area (Å²) >= 11 is 0. The molecule has 1 aromatic carbocycles. The van der Waals surface area contributed by atoms with Crippen molar-refractivity contribution in [3.63, 3.8) is 0 Å².